The molecule has 0 aliphatic heterocycles. The number of hydrogen-bond acceptors (Lipinski definition) is 5. The van der Waals surface area contributed by atoms with Gasteiger partial charge < -0.3 is 10.1 Å². The van der Waals surface area contributed by atoms with Gasteiger partial charge in [-0.15, -0.1) is 15.3 Å². The third kappa shape index (κ3) is 3.42. The van der Waals surface area contributed by atoms with Crippen LogP contribution in [0.1, 0.15) is 12.8 Å². The number of carbonyl (C=O) groups excluding carboxylic acids is 1. The number of benzene rings is 1. The fraction of sp³-hybridized carbons (Fsp3) is 0.294. The Morgan fingerprint density at radius 1 is 1.20 bits per heavy atom. The van der Waals surface area contributed by atoms with Crippen molar-refractivity contribution in [2.45, 2.75) is 12.8 Å². The standard InChI is InChI=1S/C17H16FN5O2/c18-13-5-3-11(4-6-13)16-21-20-14-7-8-15(22-23(14)16)25-10-9-19-17(24)12-1-2-12/h3-8,12H,1-2,9-10H2,(H,19,24). The van der Waals surface area contributed by atoms with Gasteiger partial charge in [0.15, 0.2) is 11.5 Å². The SMILES string of the molecule is O=C(NCCOc1ccc2nnc(-c3ccc(F)cc3)n2n1)C1CC1. The zero-order valence-corrected chi connectivity index (χ0v) is 13.4. The van der Waals surface area contributed by atoms with Crippen LogP contribution in [0.15, 0.2) is 36.4 Å². The average molecular weight is 341 g/mol. The van der Waals surface area contributed by atoms with Crippen molar-refractivity contribution >= 4 is 11.6 Å². The molecule has 8 heteroatoms. The highest BCUT2D eigenvalue weighted by atomic mass is 19.1. The van der Waals surface area contributed by atoms with E-state index in [-0.39, 0.29) is 17.6 Å². The van der Waals surface area contributed by atoms with Crippen molar-refractivity contribution in [3.05, 3.63) is 42.2 Å². The molecule has 0 unspecified atom stereocenters. The topological polar surface area (TPSA) is 81.4 Å². The van der Waals surface area contributed by atoms with Gasteiger partial charge in [-0.05, 0) is 43.2 Å². The van der Waals surface area contributed by atoms with E-state index in [4.69, 9.17) is 4.74 Å². The molecule has 1 fully saturated rings. The molecule has 1 saturated carbocycles. The molecule has 0 spiro atoms. The van der Waals surface area contributed by atoms with Crippen molar-refractivity contribution < 1.29 is 13.9 Å². The number of carbonyl (C=O) groups is 1. The lowest BCUT2D eigenvalue weighted by Crippen LogP contribution is -2.29. The summed E-state index contributed by atoms with van der Waals surface area (Å²) < 4.78 is 20.2. The highest BCUT2D eigenvalue weighted by molar-refractivity contribution is 5.80. The summed E-state index contributed by atoms with van der Waals surface area (Å²) in [7, 11) is 0. The average Bonchev–Trinajstić information content (AvgIpc) is 3.40. The van der Waals surface area contributed by atoms with Gasteiger partial charge in [0.2, 0.25) is 11.8 Å². The molecule has 7 nitrogen and oxygen atoms in total. The molecule has 0 bridgehead atoms. The largest absolute Gasteiger partial charge is 0.475 e. The first-order valence-corrected chi connectivity index (χ1v) is 8.09. The Morgan fingerprint density at radius 3 is 2.76 bits per heavy atom. The third-order valence-electron chi connectivity index (χ3n) is 3.94. The second-order valence-electron chi connectivity index (χ2n) is 5.89. The number of nitrogens with one attached hydrogen (secondary N) is 1. The summed E-state index contributed by atoms with van der Waals surface area (Å²) in [6.45, 7) is 0.757. The second kappa shape index (κ2) is 6.46. The molecule has 2 aromatic heterocycles. The normalized spacial score (nSPS) is 13.8. The molecule has 4 rings (SSSR count). The quantitative estimate of drug-likeness (QED) is 0.692. The Labute approximate surface area is 142 Å². The van der Waals surface area contributed by atoms with Gasteiger partial charge in [0.1, 0.15) is 12.4 Å². The van der Waals surface area contributed by atoms with Crippen LogP contribution in [-0.4, -0.2) is 38.9 Å². The molecular weight excluding hydrogens is 325 g/mol. The van der Waals surface area contributed by atoms with Crippen LogP contribution in [-0.2, 0) is 4.79 Å². The number of nitrogens with zero attached hydrogens (tertiary/aromatic N) is 4. The number of rotatable bonds is 6. The maximum Gasteiger partial charge on any atom is 0.231 e. The predicted octanol–water partition coefficient (Wildman–Crippen LogP) is 1.84. The van der Waals surface area contributed by atoms with E-state index in [0.29, 0.717) is 36.1 Å². The highest BCUT2D eigenvalue weighted by Gasteiger charge is 2.29. The van der Waals surface area contributed by atoms with E-state index in [2.05, 4.69) is 20.6 Å². The van der Waals surface area contributed by atoms with E-state index in [9.17, 15) is 9.18 Å². The van der Waals surface area contributed by atoms with Crippen molar-refractivity contribution in [1.82, 2.24) is 25.1 Å². The van der Waals surface area contributed by atoms with Crippen LogP contribution < -0.4 is 10.1 Å². The Kier molecular flexibility index (Phi) is 4.01. The lowest BCUT2D eigenvalue weighted by Gasteiger charge is -2.07. The van der Waals surface area contributed by atoms with Crippen LogP contribution >= 0.6 is 0 Å². The Balaban J connectivity index is 1.46. The van der Waals surface area contributed by atoms with Crippen LogP contribution in [0.4, 0.5) is 4.39 Å². The Morgan fingerprint density at radius 2 is 2.00 bits per heavy atom. The van der Waals surface area contributed by atoms with E-state index >= 15 is 0 Å². The maximum absolute atomic E-state index is 13.1. The van der Waals surface area contributed by atoms with E-state index in [0.717, 1.165) is 12.8 Å². The van der Waals surface area contributed by atoms with Crippen molar-refractivity contribution in [1.29, 1.82) is 0 Å². The summed E-state index contributed by atoms with van der Waals surface area (Å²) in [6.07, 6.45) is 1.95. The minimum absolute atomic E-state index is 0.0874. The maximum atomic E-state index is 13.1. The summed E-state index contributed by atoms with van der Waals surface area (Å²) >= 11 is 0. The predicted molar refractivity (Wildman–Crippen MR) is 87.4 cm³/mol. The van der Waals surface area contributed by atoms with Crippen LogP contribution in [0.2, 0.25) is 0 Å². The summed E-state index contributed by atoms with van der Waals surface area (Å²) in [5.41, 5.74) is 1.27. The second-order valence-corrected chi connectivity index (χ2v) is 5.89. The number of aromatic nitrogens is 4. The molecule has 1 aromatic carbocycles. The van der Waals surface area contributed by atoms with Gasteiger partial charge in [-0.2, -0.15) is 4.52 Å². The number of fused-ring (bicyclic) bond motifs is 1. The molecule has 2 heterocycles. The first-order chi connectivity index (χ1) is 12.2. The molecule has 1 aliphatic rings. The molecule has 0 atom stereocenters. The van der Waals surface area contributed by atoms with Gasteiger partial charge in [0, 0.05) is 17.5 Å². The number of amides is 1. The zero-order chi connectivity index (χ0) is 17.2. The monoisotopic (exact) mass is 341 g/mol. The molecule has 1 N–H and O–H groups in total. The van der Waals surface area contributed by atoms with Gasteiger partial charge in [-0.3, -0.25) is 4.79 Å². The molecule has 1 aliphatic carbocycles. The van der Waals surface area contributed by atoms with Crippen LogP contribution in [0.3, 0.4) is 0 Å². The molecular formula is C17H16FN5O2. The zero-order valence-electron chi connectivity index (χ0n) is 13.4. The van der Waals surface area contributed by atoms with Gasteiger partial charge >= 0.3 is 0 Å². The van der Waals surface area contributed by atoms with Gasteiger partial charge in [0.05, 0.1) is 6.54 Å². The third-order valence-corrected chi connectivity index (χ3v) is 3.94. The lowest BCUT2D eigenvalue weighted by molar-refractivity contribution is -0.122. The van der Waals surface area contributed by atoms with Gasteiger partial charge in [-0.1, -0.05) is 0 Å². The summed E-state index contributed by atoms with van der Waals surface area (Å²) in [6, 6.07) is 9.40. The van der Waals surface area contributed by atoms with Crippen LogP contribution in [0.25, 0.3) is 17.0 Å². The summed E-state index contributed by atoms with van der Waals surface area (Å²) in [4.78, 5) is 11.6. The van der Waals surface area contributed by atoms with Crippen molar-refractivity contribution in [3.63, 3.8) is 0 Å². The Bertz CT molecular complexity index is 905. The van der Waals surface area contributed by atoms with Gasteiger partial charge in [-0.25, -0.2) is 4.39 Å². The van der Waals surface area contributed by atoms with Crippen molar-refractivity contribution in [2.24, 2.45) is 5.92 Å². The molecule has 0 radical (unpaired) electrons. The van der Waals surface area contributed by atoms with Crippen LogP contribution in [0.5, 0.6) is 5.88 Å². The van der Waals surface area contributed by atoms with E-state index in [1.807, 2.05) is 0 Å². The van der Waals surface area contributed by atoms with Crippen molar-refractivity contribution in [3.8, 4) is 17.3 Å². The number of ether oxygens (including phenoxy) is 1. The van der Waals surface area contributed by atoms with Crippen molar-refractivity contribution in [2.75, 3.05) is 13.2 Å². The number of hydrogen-bond donors (Lipinski definition) is 1. The fourth-order valence-electron chi connectivity index (χ4n) is 2.45. The Hall–Kier alpha value is -3.03. The van der Waals surface area contributed by atoms with Gasteiger partial charge in [0.25, 0.3) is 0 Å². The molecule has 128 valence electrons. The first-order valence-electron chi connectivity index (χ1n) is 8.09. The smallest absolute Gasteiger partial charge is 0.231 e. The van der Waals surface area contributed by atoms with E-state index in [1.54, 1.807) is 28.8 Å². The fourth-order valence-corrected chi connectivity index (χ4v) is 2.45. The summed E-state index contributed by atoms with van der Waals surface area (Å²) in [5, 5.41) is 15.3. The lowest BCUT2D eigenvalue weighted by atomic mass is 10.2. The minimum Gasteiger partial charge on any atom is -0.475 e. The molecule has 3 aromatic rings. The summed E-state index contributed by atoms with van der Waals surface area (Å²) in [5.74, 6) is 0.857. The minimum atomic E-state index is -0.317. The molecule has 1 amide bonds. The van der Waals surface area contributed by atoms with E-state index < -0.39 is 0 Å². The highest BCUT2D eigenvalue weighted by Crippen LogP contribution is 2.28. The molecule has 25 heavy (non-hydrogen) atoms. The first kappa shape index (κ1) is 15.5. The number of halogens is 1. The van der Waals surface area contributed by atoms with Crippen LogP contribution in [0, 0.1) is 11.7 Å². The van der Waals surface area contributed by atoms with E-state index in [1.165, 1.54) is 12.1 Å². The molecule has 0 saturated heterocycles.